The van der Waals surface area contributed by atoms with Gasteiger partial charge in [0, 0.05) is 18.9 Å². The molecule has 4 unspecified atom stereocenters. The first-order valence-electron chi connectivity index (χ1n) is 8.43. The molecule has 6 nitrogen and oxygen atoms in total. The summed E-state index contributed by atoms with van der Waals surface area (Å²) in [5.74, 6) is 0.268. The standard InChI is InChI=1S/C18H26O6/c1-13(23-17(3)8-10-19-17)21-15-6-5-7-16(12-15)22-14(2)24-18(4)9-11-20-18/h5-7,12-14H,8-11H2,1-4H3. The van der Waals surface area contributed by atoms with Crippen LogP contribution in [0.4, 0.5) is 0 Å². The van der Waals surface area contributed by atoms with Gasteiger partial charge in [-0.3, -0.25) is 0 Å². The zero-order valence-corrected chi connectivity index (χ0v) is 14.7. The monoisotopic (exact) mass is 338 g/mol. The van der Waals surface area contributed by atoms with Crippen molar-refractivity contribution >= 4 is 0 Å². The predicted octanol–water partition coefficient (Wildman–Crippen LogP) is 3.44. The summed E-state index contributed by atoms with van der Waals surface area (Å²) in [7, 11) is 0. The van der Waals surface area contributed by atoms with Crippen LogP contribution >= 0.6 is 0 Å². The van der Waals surface area contributed by atoms with Gasteiger partial charge in [-0.15, -0.1) is 0 Å². The molecule has 2 aliphatic rings. The SMILES string of the molecule is CC(Oc1cccc(OC(C)OC2(C)CCO2)c1)OC1(C)CCO1. The third-order valence-corrected chi connectivity index (χ3v) is 4.17. The maximum absolute atomic E-state index is 5.79. The molecule has 0 spiro atoms. The Labute approximate surface area is 142 Å². The number of ether oxygens (including phenoxy) is 6. The summed E-state index contributed by atoms with van der Waals surface area (Å²) < 4.78 is 33.9. The van der Waals surface area contributed by atoms with Gasteiger partial charge in [0.05, 0.1) is 13.2 Å². The molecule has 0 saturated carbocycles. The molecule has 2 saturated heterocycles. The molecule has 2 heterocycles. The largest absolute Gasteiger partial charge is 0.465 e. The first-order chi connectivity index (χ1) is 11.4. The molecular formula is C18H26O6. The summed E-state index contributed by atoms with van der Waals surface area (Å²) in [5.41, 5.74) is 0. The Morgan fingerprint density at radius 1 is 0.875 bits per heavy atom. The minimum atomic E-state index is -0.534. The van der Waals surface area contributed by atoms with E-state index in [0.717, 1.165) is 26.1 Å². The van der Waals surface area contributed by atoms with Gasteiger partial charge >= 0.3 is 0 Å². The maximum atomic E-state index is 5.79. The van der Waals surface area contributed by atoms with E-state index in [1.165, 1.54) is 0 Å². The van der Waals surface area contributed by atoms with Gasteiger partial charge in [0.1, 0.15) is 11.5 Å². The van der Waals surface area contributed by atoms with Gasteiger partial charge < -0.3 is 28.4 Å². The van der Waals surface area contributed by atoms with Gasteiger partial charge in [-0.2, -0.15) is 0 Å². The van der Waals surface area contributed by atoms with E-state index in [4.69, 9.17) is 28.4 Å². The number of hydrogen-bond acceptors (Lipinski definition) is 6. The maximum Gasteiger partial charge on any atom is 0.200 e. The molecule has 4 atom stereocenters. The predicted molar refractivity (Wildman–Crippen MR) is 86.7 cm³/mol. The summed E-state index contributed by atoms with van der Waals surface area (Å²) >= 11 is 0. The molecule has 0 aliphatic carbocycles. The molecular weight excluding hydrogens is 312 g/mol. The highest BCUT2D eigenvalue weighted by molar-refractivity contribution is 5.33. The lowest BCUT2D eigenvalue weighted by atomic mass is 10.1. The first-order valence-corrected chi connectivity index (χ1v) is 8.43. The first kappa shape index (κ1) is 17.5. The Morgan fingerprint density at radius 3 is 1.62 bits per heavy atom. The van der Waals surface area contributed by atoms with Crippen molar-refractivity contribution < 1.29 is 28.4 Å². The fourth-order valence-corrected chi connectivity index (χ4v) is 2.72. The van der Waals surface area contributed by atoms with Crippen molar-refractivity contribution in [3.63, 3.8) is 0 Å². The van der Waals surface area contributed by atoms with E-state index >= 15 is 0 Å². The molecule has 0 N–H and O–H groups in total. The Bertz CT molecular complexity index is 507. The molecule has 0 amide bonds. The molecule has 2 fully saturated rings. The highest BCUT2D eigenvalue weighted by Crippen LogP contribution is 2.31. The van der Waals surface area contributed by atoms with E-state index in [0.29, 0.717) is 11.5 Å². The van der Waals surface area contributed by atoms with E-state index in [1.54, 1.807) is 0 Å². The average molecular weight is 338 g/mol. The number of benzene rings is 1. The second kappa shape index (κ2) is 6.88. The number of rotatable bonds is 8. The lowest BCUT2D eigenvalue weighted by Crippen LogP contribution is -2.46. The zero-order valence-electron chi connectivity index (χ0n) is 14.7. The Hall–Kier alpha value is -1.34. The van der Waals surface area contributed by atoms with Crippen LogP contribution in [-0.2, 0) is 18.9 Å². The van der Waals surface area contributed by atoms with Crippen molar-refractivity contribution in [2.24, 2.45) is 0 Å². The van der Waals surface area contributed by atoms with Crippen molar-refractivity contribution in [3.05, 3.63) is 24.3 Å². The van der Waals surface area contributed by atoms with Crippen LogP contribution in [0.1, 0.15) is 40.5 Å². The molecule has 0 bridgehead atoms. The second-order valence-electron chi connectivity index (χ2n) is 6.55. The summed E-state index contributed by atoms with van der Waals surface area (Å²) in [5, 5.41) is 0. The van der Waals surface area contributed by atoms with Crippen LogP contribution in [0.2, 0.25) is 0 Å². The van der Waals surface area contributed by atoms with Crippen molar-refractivity contribution in [1.82, 2.24) is 0 Å². The zero-order chi connectivity index (χ0) is 17.2. The highest BCUT2D eigenvalue weighted by atomic mass is 16.8. The smallest absolute Gasteiger partial charge is 0.200 e. The Morgan fingerprint density at radius 2 is 1.29 bits per heavy atom. The van der Waals surface area contributed by atoms with Crippen molar-refractivity contribution in [1.29, 1.82) is 0 Å². The fourth-order valence-electron chi connectivity index (χ4n) is 2.72. The Kier molecular flexibility index (Phi) is 5.01. The van der Waals surface area contributed by atoms with Crippen molar-refractivity contribution in [2.45, 2.75) is 64.7 Å². The van der Waals surface area contributed by atoms with Crippen molar-refractivity contribution in [3.8, 4) is 11.5 Å². The molecule has 134 valence electrons. The second-order valence-corrected chi connectivity index (χ2v) is 6.55. The van der Waals surface area contributed by atoms with Crippen molar-refractivity contribution in [2.75, 3.05) is 13.2 Å². The molecule has 6 heteroatoms. The summed E-state index contributed by atoms with van der Waals surface area (Å²) in [6, 6.07) is 7.40. The topological polar surface area (TPSA) is 55.4 Å². The minimum absolute atomic E-state index is 0.415. The average Bonchev–Trinajstić information content (AvgIpc) is 2.44. The van der Waals surface area contributed by atoms with Gasteiger partial charge in [0.2, 0.25) is 0 Å². The molecule has 1 aromatic rings. The van der Waals surface area contributed by atoms with Crippen LogP contribution in [0.15, 0.2) is 24.3 Å². The molecule has 2 aliphatic heterocycles. The lowest BCUT2D eigenvalue weighted by Gasteiger charge is -2.40. The van der Waals surface area contributed by atoms with Crippen LogP contribution in [0, 0.1) is 0 Å². The van der Waals surface area contributed by atoms with E-state index in [1.807, 2.05) is 52.0 Å². The third kappa shape index (κ3) is 4.39. The lowest BCUT2D eigenvalue weighted by molar-refractivity contribution is -0.335. The van der Waals surface area contributed by atoms with Gasteiger partial charge in [-0.25, -0.2) is 0 Å². The molecule has 1 aromatic carbocycles. The van der Waals surface area contributed by atoms with E-state index in [2.05, 4.69) is 0 Å². The normalized spacial score (nSPS) is 31.5. The minimum Gasteiger partial charge on any atom is -0.465 e. The van der Waals surface area contributed by atoms with E-state index in [-0.39, 0.29) is 0 Å². The highest BCUT2D eigenvalue weighted by Gasteiger charge is 2.37. The molecule has 0 aromatic heterocycles. The third-order valence-electron chi connectivity index (χ3n) is 4.17. The van der Waals surface area contributed by atoms with Gasteiger partial charge in [-0.1, -0.05) is 6.07 Å². The van der Waals surface area contributed by atoms with Crippen LogP contribution in [-0.4, -0.2) is 37.4 Å². The van der Waals surface area contributed by atoms with Gasteiger partial charge in [0.15, 0.2) is 24.2 Å². The number of hydrogen-bond donors (Lipinski definition) is 0. The summed E-state index contributed by atoms with van der Waals surface area (Å²) in [6.45, 7) is 8.98. The Balaban J connectivity index is 1.51. The van der Waals surface area contributed by atoms with E-state index in [9.17, 15) is 0 Å². The van der Waals surface area contributed by atoms with E-state index < -0.39 is 24.2 Å². The fraction of sp³-hybridized carbons (Fsp3) is 0.667. The molecule has 3 rings (SSSR count). The van der Waals surface area contributed by atoms with Crippen LogP contribution in [0.5, 0.6) is 11.5 Å². The van der Waals surface area contributed by atoms with Gasteiger partial charge in [-0.05, 0) is 39.8 Å². The quantitative estimate of drug-likeness (QED) is 0.677. The summed E-state index contributed by atoms with van der Waals surface area (Å²) in [6.07, 6.45) is 0.919. The summed E-state index contributed by atoms with van der Waals surface area (Å²) in [4.78, 5) is 0. The van der Waals surface area contributed by atoms with Crippen LogP contribution in [0.25, 0.3) is 0 Å². The van der Waals surface area contributed by atoms with Gasteiger partial charge in [0.25, 0.3) is 0 Å². The molecule has 24 heavy (non-hydrogen) atoms. The van der Waals surface area contributed by atoms with Crippen LogP contribution in [0.3, 0.4) is 0 Å². The molecule has 0 radical (unpaired) electrons. The van der Waals surface area contributed by atoms with Crippen LogP contribution < -0.4 is 9.47 Å².